The molecule has 0 saturated carbocycles. The van der Waals surface area contributed by atoms with E-state index < -0.39 is 6.10 Å². The van der Waals surface area contributed by atoms with E-state index in [1.54, 1.807) is 0 Å². The number of unbranched alkanes of at least 4 members (excludes halogenated alkanes) is 34. The van der Waals surface area contributed by atoms with E-state index in [1.165, 1.54) is 205 Å². The number of ether oxygens (including phenoxy) is 3. The standard InChI is InChI=1S/C51H98O5/c1-4-7-10-13-16-18-20-22-24-25-26-27-29-30-32-34-36-38-41-44-50(52)55-48-49(47-54-46-43-40-15-12-9-6-3)56-51(53)45-42-39-37-35-33-31-28-23-21-19-17-14-11-8-5-2/h22,24,49H,4-21,23,25-48H2,1-3H3/b24-22-. The molecule has 0 rings (SSSR count). The fourth-order valence-electron chi connectivity index (χ4n) is 7.51. The predicted octanol–water partition coefficient (Wildman–Crippen LogP) is 16.7. The molecule has 0 saturated heterocycles. The number of esters is 2. The van der Waals surface area contributed by atoms with Crippen molar-refractivity contribution in [1.82, 2.24) is 0 Å². The Morgan fingerprint density at radius 1 is 0.375 bits per heavy atom. The average molecular weight is 791 g/mol. The molecule has 0 aromatic carbocycles. The molecule has 5 heteroatoms. The van der Waals surface area contributed by atoms with Gasteiger partial charge in [0.2, 0.25) is 0 Å². The highest BCUT2D eigenvalue weighted by Gasteiger charge is 2.17. The molecule has 5 nitrogen and oxygen atoms in total. The highest BCUT2D eigenvalue weighted by atomic mass is 16.6. The molecule has 0 heterocycles. The molecule has 56 heavy (non-hydrogen) atoms. The summed E-state index contributed by atoms with van der Waals surface area (Å²) >= 11 is 0. The summed E-state index contributed by atoms with van der Waals surface area (Å²) in [5.74, 6) is -0.384. The summed E-state index contributed by atoms with van der Waals surface area (Å²) in [6.07, 6.45) is 53.7. The predicted molar refractivity (Wildman–Crippen MR) is 242 cm³/mol. The van der Waals surface area contributed by atoms with E-state index in [4.69, 9.17) is 14.2 Å². The van der Waals surface area contributed by atoms with E-state index >= 15 is 0 Å². The van der Waals surface area contributed by atoms with E-state index in [-0.39, 0.29) is 18.5 Å². The molecule has 0 bridgehead atoms. The summed E-state index contributed by atoms with van der Waals surface area (Å²) in [4.78, 5) is 25.2. The molecular weight excluding hydrogens is 693 g/mol. The first kappa shape index (κ1) is 54.6. The van der Waals surface area contributed by atoms with Crippen molar-refractivity contribution in [2.45, 2.75) is 284 Å². The van der Waals surface area contributed by atoms with Crippen molar-refractivity contribution in [2.75, 3.05) is 19.8 Å². The van der Waals surface area contributed by atoms with Gasteiger partial charge in [-0.2, -0.15) is 0 Å². The van der Waals surface area contributed by atoms with Gasteiger partial charge in [0.25, 0.3) is 0 Å². The Bertz CT molecular complexity index is 810. The Hall–Kier alpha value is -1.36. The van der Waals surface area contributed by atoms with E-state index in [1.807, 2.05) is 0 Å². The van der Waals surface area contributed by atoms with Gasteiger partial charge in [0.1, 0.15) is 6.61 Å². The Morgan fingerprint density at radius 3 is 1.09 bits per heavy atom. The molecule has 0 radical (unpaired) electrons. The average Bonchev–Trinajstić information content (AvgIpc) is 3.20. The van der Waals surface area contributed by atoms with Gasteiger partial charge in [0.15, 0.2) is 6.10 Å². The third-order valence-corrected chi connectivity index (χ3v) is 11.3. The summed E-state index contributed by atoms with van der Waals surface area (Å²) in [5, 5.41) is 0. The molecule has 1 unspecified atom stereocenters. The van der Waals surface area contributed by atoms with Crippen LogP contribution >= 0.6 is 0 Å². The van der Waals surface area contributed by atoms with Crippen molar-refractivity contribution in [2.24, 2.45) is 0 Å². The minimum atomic E-state index is -0.524. The number of carbonyl (C=O) groups is 2. The van der Waals surface area contributed by atoms with Gasteiger partial charge in [-0.05, 0) is 44.9 Å². The Balaban J connectivity index is 4.02. The molecule has 0 amide bonds. The van der Waals surface area contributed by atoms with Gasteiger partial charge in [0.05, 0.1) is 6.61 Å². The maximum atomic E-state index is 12.7. The van der Waals surface area contributed by atoms with Crippen LogP contribution in [0.25, 0.3) is 0 Å². The summed E-state index contributed by atoms with van der Waals surface area (Å²) < 4.78 is 17.3. The molecule has 0 aliphatic rings. The Kier molecular flexibility index (Phi) is 46.8. The zero-order chi connectivity index (χ0) is 40.7. The summed E-state index contributed by atoms with van der Waals surface area (Å²) in [7, 11) is 0. The topological polar surface area (TPSA) is 61.8 Å². The lowest BCUT2D eigenvalue weighted by atomic mass is 10.0. The van der Waals surface area contributed by atoms with Crippen molar-refractivity contribution in [3.05, 3.63) is 12.2 Å². The fourth-order valence-corrected chi connectivity index (χ4v) is 7.51. The van der Waals surface area contributed by atoms with Crippen LogP contribution in [0.3, 0.4) is 0 Å². The number of rotatable bonds is 47. The smallest absolute Gasteiger partial charge is 0.306 e. The van der Waals surface area contributed by atoms with Crippen LogP contribution < -0.4 is 0 Å². The maximum absolute atomic E-state index is 12.7. The Morgan fingerprint density at radius 2 is 0.696 bits per heavy atom. The zero-order valence-electron chi connectivity index (χ0n) is 38.2. The lowest BCUT2D eigenvalue weighted by Gasteiger charge is -2.18. The molecule has 0 aromatic heterocycles. The van der Waals surface area contributed by atoms with E-state index in [2.05, 4.69) is 32.9 Å². The second kappa shape index (κ2) is 48.0. The van der Waals surface area contributed by atoms with Crippen LogP contribution in [0.2, 0.25) is 0 Å². The lowest BCUT2D eigenvalue weighted by molar-refractivity contribution is -0.163. The van der Waals surface area contributed by atoms with E-state index in [9.17, 15) is 9.59 Å². The van der Waals surface area contributed by atoms with Gasteiger partial charge in [0, 0.05) is 19.4 Å². The van der Waals surface area contributed by atoms with Gasteiger partial charge in [-0.25, -0.2) is 0 Å². The van der Waals surface area contributed by atoms with Crippen LogP contribution in [0.15, 0.2) is 12.2 Å². The van der Waals surface area contributed by atoms with Gasteiger partial charge in [-0.3, -0.25) is 9.59 Å². The third-order valence-electron chi connectivity index (χ3n) is 11.3. The van der Waals surface area contributed by atoms with Gasteiger partial charge in [-0.1, -0.05) is 232 Å². The number of hydrogen-bond donors (Lipinski definition) is 0. The third kappa shape index (κ3) is 45.3. The first-order valence-corrected chi connectivity index (χ1v) is 25.2. The Labute approximate surface area is 350 Å². The van der Waals surface area contributed by atoms with E-state index in [0.717, 1.165) is 38.5 Å². The van der Waals surface area contributed by atoms with Crippen LogP contribution in [0.5, 0.6) is 0 Å². The van der Waals surface area contributed by atoms with Crippen molar-refractivity contribution in [3.8, 4) is 0 Å². The highest BCUT2D eigenvalue weighted by molar-refractivity contribution is 5.70. The molecule has 0 aliphatic heterocycles. The van der Waals surface area contributed by atoms with E-state index in [0.29, 0.717) is 26.1 Å². The SMILES string of the molecule is CCCCCCCC/C=C\CCCCCCCCCCCC(=O)OCC(COCCCCCCCC)OC(=O)CCCCCCCCCCCCCCCCC. The quantitative estimate of drug-likeness (QED) is 0.0349. The van der Waals surface area contributed by atoms with Crippen LogP contribution in [-0.2, 0) is 23.8 Å². The summed E-state index contributed by atoms with van der Waals surface area (Å²) in [6, 6.07) is 0. The van der Waals surface area contributed by atoms with Crippen molar-refractivity contribution >= 4 is 11.9 Å². The monoisotopic (exact) mass is 791 g/mol. The van der Waals surface area contributed by atoms with Gasteiger partial charge < -0.3 is 14.2 Å². The second-order valence-electron chi connectivity index (χ2n) is 17.1. The van der Waals surface area contributed by atoms with Crippen molar-refractivity contribution in [3.63, 3.8) is 0 Å². The lowest BCUT2D eigenvalue weighted by Crippen LogP contribution is -2.30. The highest BCUT2D eigenvalue weighted by Crippen LogP contribution is 2.16. The number of carbonyl (C=O) groups excluding carboxylic acids is 2. The van der Waals surface area contributed by atoms with Crippen LogP contribution in [-0.4, -0.2) is 37.9 Å². The minimum Gasteiger partial charge on any atom is -0.462 e. The molecule has 0 N–H and O–H groups in total. The van der Waals surface area contributed by atoms with Crippen LogP contribution in [0, 0.1) is 0 Å². The maximum Gasteiger partial charge on any atom is 0.306 e. The van der Waals surface area contributed by atoms with Crippen molar-refractivity contribution < 1.29 is 23.8 Å². The first-order chi connectivity index (χ1) is 27.6. The van der Waals surface area contributed by atoms with Gasteiger partial charge in [-0.15, -0.1) is 0 Å². The largest absolute Gasteiger partial charge is 0.462 e. The molecule has 1 atom stereocenters. The zero-order valence-corrected chi connectivity index (χ0v) is 38.2. The molecule has 0 aliphatic carbocycles. The molecule has 0 spiro atoms. The number of hydrogen-bond acceptors (Lipinski definition) is 5. The molecule has 0 aromatic rings. The number of allylic oxidation sites excluding steroid dienone is 2. The second-order valence-corrected chi connectivity index (χ2v) is 17.1. The molecule has 332 valence electrons. The fraction of sp³-hybridized carbons (Fsp3) is 0.922. The first-order valence-electron chi connectivity index (χ1n) is 25.2. The summed E-state index contributed by atoms with van der Waals surface area (Å²) in [6.45, 7) is 7.84. The molecule has 0 fully saturated rings. The van der Waals surface area contributed by atoms with Crippen LogP contribution in [0.1, 0.15) is 278 Å². The molecular formula is C51H98O5. The van der Waals surface area contributed by atoms with Crippen molar-refractivity contribution in [1.29, 1.82) is 0 Å². The van der Waals surface area contributed by atoms with Crippen LogP contribution in [0.4, 0.5) is 0 Å². The normalized spacial score (nSPS) is 12.1. The van der Waals surface area contributed by atoms with Gasteiger partial charge >= 0.3 is 11.9 Å². The minimum absolute atomic E-state index is 0.0921. The summed E-state index contributed by atoms with van der Waals surface area (Å²) in [5.41, 5.74) is 0.